The first-order valence-corrected chi connectivity index (χ1v) is 13.0. The summed E-state index contributed by atoms with van der Waals surface area (Å²) >= 11 is 0. The highest BCUT2D eigenvalue weighted by atomic mass is 16.8. The third-order valence-electron chi connectivity index (χ3n) is 7.68. The van der Waals surface area contributed by atoms with Crippen molar-refractivity contribution in [1.82, 2.24) is 0 Å². The zero-order chi connectivity index (χ0) is 24.5. The SMILES string of the molecule is C=Cc1ccc(B2OC[C@H]([C@H]3OC4(CCCCC4)O[C@@H]3[C@H]3COB(c4ccc(C=C)cc4)O3)O2)cc1. The summed E-state index contributed by atoms with van der Waals surface area (Å²) in [5.74, 6) is -0.576. The Bertz CT molecular complexity index is 989. The average molecular weight is 486 g/mol. The maximum absolute atomic E-state index is 6.70. The van der Waals surface area contributed by atoms with E-state index in [4.69, 9.17) is 28.1 Å². The molecule has 3 heterocycles. The number of ether oxygens (including phenoxy) is 2. The molecule has 3 aliphatic heterocycles. The molecule has 2 aromatic carbocycles. The fourth-order valence-corrected chi connectivity index (χ4v) is 5.67. The molecule has 4 aliphatic rings. The minimum atomic E-state index is -0.576. The van der Waals surface area contributed by atoms with Gasteiger partial charge >= 0.3 is 14.2 Å². The third kappa shape index (κ3) is 4.74. The summed E-state index contributed by atoms with van der Waals surface area (Å²) in [6.07, 6.45) is 7.73. The second kappa shape index (κ2) is 10.3. The molecule has 4 fully saturated rings. The second-order valence-corrected chi connectivity index (χ2v) is 10.1. The van der Waals surface area contributed by atoms with Crippen LogP contribution in [0.2, 0.25) is 0 Å². The van der Waals surface area contributed by atoms with Crippen molar-refractivity contribution in [3.05, 3.63) is 72.8 Å². The molecule has 6 rings (SSSR count). The van der Waals surface area contributed by atoms with Crippen molar-refractivity contribution in [3.8, 4) is 0 Å². The van der Waals surface area contributed by atoms with Crippen molar-refractivity contribution in [2.45, 2.75) is 62.3 Å². The molecular formula is C28H32B2O6. The van der Waals surface area contributed by atoms with Gasteiger partial charge in [-0.05, 0) is 34.9 Å². The zero-order valence-electron chi connectivity index (χ0n) is 20.6. The molecule has 0 amide bonds. The summed E-state index contributed by atoms with van der Waals surface area (Å²) in [4.78, 5) is 0. The van der Waals surface area contributed by atoms with E-state index in [0.717, 1.165) is 47.7 Å². The average Bonchev–Trinajstić information content (AvgIpc) is 3.68. The Hall–Kier alpha value is -2.19. The Morgan fingerprint density at radius 3 is 1.53 bits per heavy atom. The molecule has 0 aromatic heterocycles. The maximum atomic E-state index is 6.70. The summed E-state index contributed by atoms with van der Waals surface area (Å²) in [6.45, 7) is 8.52. The standard InChI is InChI=1S/C28H32B2O6/c1-3-20-8-12-22(13-9-20)29-31-18-24(35-29)26-27(34-28(33-26)16-6-5-7-17-28)25-19-32-30(36-25)23-14-10-21(4-2)11-15-23/h3-4,8-15,24-27H,1-2,5-7,16-19H2/t24-,25-,26-,27-/m1/s1. The lowest BCUT2D eigenvalue weighted by molar-refractivity contribution is -0.202. The summed E-state index contributed by atoms with van der Waals surface area (Å²) in [5, 5.41) is 0. The lowest BCUT2D eigenvalue weighted by Gasteiger charge is -2.32. The number of hydrogen-bond acceptors (Lipinski definition) is 6. The molecule has 2 aromatic rings. The summed E-state index contributed by atoms with van der Waals surface area (Å²) in [7, 11) is -0.865. The van der Waals surface area contributed by atoms with Gasteiger partial charge < -0.3 is 28.1 Å². The molecule has 0 unspecified atom stereocenters. The quantitative estimate of drug-likeness (QED) is 0.585. The van der Waals surface area contributed by atoms with Crippen molar-refractivity contribution < 1.29 is 28.1 Å². The molecule has 1 spiro atoms. The van der Waals surface area contributed by atoms with Crippen LogP contribution in [0, 0.1) is 0 Å². The van der Waals surface area contributed by atoms with Crippen molar-refractivity contribution >= 4 is 37.3 Å². The van der Waals surface area contributed by atoms with Gasteiger partial charge in [0.25, 0.3) is 0 Å². The van der Waals surface area contributed by atoms with Crippen LogP contribution in [0.25, 0.3) is 12.2 Å². The fourth-order valence-electron chi connectivity index (χ4n) is 5.67. The number of hydrogen-bond donors (Lipinski definition) is 0. The van der Waals surface area contributed by atoms with E-state index in [2.05, 4.69) is 13.2 Å². The molecule has 3 saturated heterocycles. The van der Waals surface area contributed by atoms with E-state index < -0.39 is 20.0 Å². The van der Waals surface area contributed by atoms with Gasteiger partial charge in [0.2, 0.25) is 0 Å². The van der Waals surface area contributed by atoms with E-state index in [0.29, 0.717) is 13.2 Å². The monoisotopic (exact) mass is 486 g/mol. The molecule has 186 valence electrons. The lowest BCUT2D eigenvalue weighted by Crippen LogP contribution is -2.46. The Balaban J connectivity index is 1.18. The molecule has 0 radical (unpaired) electrons. The van der Waals surface area contributed by atoms with E-state index in [-0.39, 0.29) is 24.4 Å². The molecule has 6 nitrogen and oxygen atoms in total. The fraction of sp³-hybridized carbons (Fsp3) is 0.429. The van der Waals surface area contributed by atoms with Gasteiger partial charge in [0.1, 0.15) is 12.2 Å². The zero-order valence-corrected chi connectivity index (χ0v) is 20.6. The molecule has 1 aliphatic carbocycles. The van der Waals surface area contributed by atoms with E-state index in [1.165, 1.54) is 6.42 Å². The van der Waals surface area contributed by atoms with E-state index in [9.17, 15) is 0 Å². The van der Waals surface area contributed by atoms with Crippen molar-refractivity contribution in [1.29, 1.82) is 0 Å². The smallest absolute Gasteiger partial charge is 0.405 e. The Labute approximate surface area is 213 Å². The minimum Gasteiger partial charge on any atom is -0.405 e. The van der Waals surface area contributed by atoms with Crippen molar-refractivity contribution in [3.63, 3.8) is 0 Å². The normalized spacial score (nSPS) is 29.7. The van der Waals surface area contributed by atoms with Gasteiger partial charge in [-0.15, -0.1) is 0 Å². The summed E-state index contributed by atoms with van der Waals surface area (Å²) in [5.41, 5.74) is 4.09. The topological polar surface area (TPSA) is 55.4 Å². The van der Waals surface area contributed by atoms with Gasteiger partial charge in [-0.2, -0.15) is 0 Å². The predicted molar refractivity (Wildman–Crippen MR) is 141 cm³/mol. The highest BCUT2D eigenvalue weighted by Gasteiger charge is 2.57. The molecule has 8 heteroatoms. The van der Waals surface area contributed by atoms with Gasteiger partial charge in [-0.3, -0.25) is 0 Å². The van der Waals surface area contributed by atoms with Gasteiger partial charge in [0.05, 0.1) is 25.4 Å². The van der Waals surface area contributed by atoms with Crippen LogP contribution in [0.15, 0.2) is 61.7 Å². The minimum absolute atomic E-state index is 0.255. The molecule has 0 N–H and O–H groups in total. The first kappa shape index (κ1) is 24.2. The van der Waals surface area contributed by atoms with Gasteiger partial charge in [-0.1, -0.05) is 80.3 Å². The molecular weight excluding hydrogens is 454 g/mol. The van der Waals surface area contributed by atoms with Crippen LogP contribution in [-0.4, -0.2) is 57.7 Å². The van der Waals surface area contributed by atoms with Crippen LogP contribution in [0.3, 0.4) is 0 Å². The van der Waals surface area contributed by atoms with Gasteiger partial charge in [0, 0.05) is 12.8 Å². The Morgan fingerprint density at radius 1 is 0.667 bits per heavy atom. The highest BCUT2D eigenvalue weighted by molar-refractivity contribution is 6.62. The van der Waals surface area contributed by atoms with Crippen LogP contribution < -0.4 is 10.9 Å². The molecule has 1 saturated carbocycles. The van der Waals surface area contributed by atoms with Gasteiger partial charge in [0.15, 0.2) is 5.79 Å². The third-order valence-corrected chi connectivity index (χ3v) is 7.68. The lowest BCUT2D eigenvalue weighted by atomic mass is 9.79. The Kier molecular flexibility index (Phi) is 6.90. The maximum Gasteiger partial charge on any atom is 0.494 e. The number of benzene rings is 2. The summed E-state index contributed by atoms with van der Waals surface area (Å²) in [6, 6.07) is 16.1. The van der Waals surface area contributed by atoms with E-state index in [1.54, 1.807) is 0 Å². The number of rotatable bonds is 6. The van der Waals surface area contributed by atoms with Crippen molar-refractivity contribution in [2.75, 3.05) is 13.2 Å². The van der Waals surface area contributed by atoms with E-state index >= 15 is 0 Å². The summed E-state index contributed by atoms with van der Waals surface area (Å²) < 4.78 is 38.4. The van der Waals surface area contributed by atoms with Crippen LogP contribution in [0.1, 0.15) is 43.2 Å². The van der Waals surface area contributed by atoms with Crippen LogP contribution in [0.4, 0.5) is 0 Å². The highest BCUT2D eigenvalue weighted by Crippen LogP contribution is 2.44. The predicted octanol–water partition coefficient (Wildman–Crippen LogP) is 3.34. The molecule has 0 bridgehead atoms. The Morgan fingerprint density at radius 2 is 1.11 bits per heavy atom. The van der Waals surface area contributed by atoms with Crippen LogP contribution in [-0.2, 0) is 28.1 Å². The first-order chi connectivity index (χ1) is 17.7. The second-order valence-electron chi connectivity index (χ2n) is 10.1. The van der Waals surface area contributed by atoms with Gasteiger partial charge in [-0.25, -0.2) is 0 Å². The molecule has 4 atom stereocenters. The van der Waals surface area contributed by atoms with Crippen LogP contribution >= 0.6 is 0 Å². The van der Waals surface area contributed by atoms with Crippen molar-refractivity contribution in [2.24, 2.45) is 0 Å². The largest absolute Gasteiger partial charge is 0.494 e. The molecule has 36 heavy (non-hydrogen) atoms. The first-order valence-electron chi connectivity index (χ1n) is 13.0. The van der Waals surface area contributed by atoms with E-state index in [1.807, 2.05) is 60.7 Å². The van der Waals surface area contributed by atoms with Crippen LogP contribution in [0.5, 0.6) is 0 Å².